The Balaban J connectivity index is 2.24. The Bertz CT molecular complexity index is 754. The number of carbonyl (C=O) groups excluding carboxylic acids is 1. The van der Waals surface area contributed by atoms with Crippen LogP contribution >= 0.6 is 0 Å². The molecule has 0 aromatic heterocycles. The number of ether oxygens (including phenoxy) is 2. The molecule has 1 N–H and O–H groups in total. The predicted octanol–water partition coefficient (Wildman–Crippen LogP) is 3.42. The number of hydrogen-bond acceptors (Lipinski definition) is 5. The molecule has 0 amide bonds. The molecule has 2 aromatic rings. The van der Waals surface area contributed by atoms with E-state index in [1.807, 2.05) is 6.07 Å². The molecule has 0 aliphatic heterocycles. The van der Waals surface area contributed by atoms with Gasteiger partial charge in [0.15, 0.2) is 11.6 Å². The van der Waals surface area contributed by atoms with Gasteiger partial charge in [0.05, 0.1) is 24.8 Å². The normalized spacial score (nSPS) is 11.2. The molecule has 0 saturated carbocycles. The van der Waals surface area contributed by atoms with Crippen molar-refractivity contribution in [2.24, 2.45) is 0 Å². The van der Waals surface area contributed by atoms with Crippen LogP contribution in [0.2, 0.25) is 0 Å². The van der Waals surface area contributed by atoms with Gasteiger partial charge in [-0.2, -0.15) is 5.26 Å². The van der Waals surface area contributed by atoms with Crippen LogP contribution in [-0.4, -0.2) is 19.7 Å². The van der Waals surface area contributed by atoms with Crippen LogP contribution in [0.3, 0.4) is 0 Å². The zero-order valence-corrected chi connectivity index (χ0v) is 13.4. The highest BCUT2D eigenvalue weighted by Crippen LogP contribution is 2.25. The Kier molecular flexibility index (Phi) is 5.74. The van der Waals surface area contributed by atoms with Crippen LogP contribution in [0.4, 0.5) is 10.1 Å². The van der Waals surface area contributed by atoms with Crippen LogP contribution in [-0.2, 0) is 9.53 Å². The maximum absolute atomic E-state index is 14.0. The molecule has 24 heavy (non-hydrogen) atoms. The summed E-state index contributed by atoms with van der Waals surface area (Å²) in [5.41, 5.74) is 1.87. The Morgan fingerprint density at radius 1 is 1.29 bits per heavy atom. The summed E-state index contributed by atoms with van der Waals surface area (Å²) in [5.74, 6) is -0.775. The van der Waals surface area contributed by atoms with Crippen molar-refractivity contribution in [1.82, 2.24) is 0 Å². The van der Waals surface area contributed by atoms with E-state index in [-0.39, 0.29) is 12.4 Å². The summed E-state index contributed by atoms with van der Waals surface area (Å²) in [4.78, 5) is 11.1. The zero-order valence-electron chi connectivity index (χ0n) is 13.4. The third-order valence-corrected chi connectivity index (χ3v) is 3.39. The predicted molar refractivity (Wildman–Crippen MR) is 87.1 cm³/mol. The van der Waals surface area contributed by atoms with Gasteiger partial charge in [-0.3, -0.25) is 4.79 Å². The monoisotopic (exact) mass is 328 g/mol. The number of methoxy groups -OCH3 is 1. The van der Waals surface area contributed by atoms with Gasteiger partial charge < -0.3 is 14.8 Å². The second-order valence-electron chi connectivity index (χ2n) is 5.08. The van der Waals surface area contributed by atoms with Crippen LogP contribution in [0.25, 0.3) is 0 Å². The van der Waals surface area contributed by atoms with Crippen LogP contribution in [0, 0.1) is 17.1 Å². The number of carbonyl (C=O) groups is 1. The highest BCUT2D eigenvalue weighted by molar-refractivity contribution is 5.66. The number of hydrogen-bond donors (Lipinski definition) is 1. The van der Waals surface area contributed by atoms with Gasteiger partial charge in [-0.15, -0.1) is 0 Å². The lowest BCUT2D eigenvalue weighted by atomic mass is 10.1. The van der Waals surface area contributed by atoms with Crippen molar-refractivity contribution in [3.05, 3.63) is 59.4 Å². The van der Waals surface area contributed by atoms with Crippen molar-refractivity contribution in [2.75, 3.05) is 19.0 Å². The molecule has 2 rings (SSSR count). The van der Waals surface area contributed by atoms with Gasteiger partial charge in [-0.05, 0) is 42.0 Å². The first-order valence-corrected chi connectivity index (χ1v) is 7.27. The lowest BCUT2D eigenvalue weighted by molar-refractivity contribution is -0.141. The minimum absolute atomic E-state index is 0.0428. The topological polar surface area (TPSA) is 71.3 Å². The van der Waals surface area contributed by atoms with Gasteiger partial charge >= 0.3 is 5.97 Å². The number of rotatable bonds is 6. The summed E-state index contributed by atoms with van der Waals surface area (Å²) in [6.07, 6.45) is 0. The van der Waals surface area contributed by atoms with E-state index in [0.717, 1.165) is 5.69 Å². The molecule has 2 aromatic carbocycles. The Morgan fingerprint density at radius 3 is 2.54 bits per heavy atom. The maximum Gasteiger partial charge on any atom is 0.302 e. The maximum atomic E-state index is 14.0. The summed E-state index contributed by atoms with van der Waals surface area (Å²) in [7, 11) is 1.39. The number of nitrogens with one attached hydrogen (secondary N) is 1. The molecule has 0 radical (unpaired) electrons. The molecule has 0 saturated heterocycles. The van der Waals surface area contributed by atoms with Gasteiger partial charge in [0, 0.05) is 12.6 Å². The third kappa shape index (κ3) is 4.46. The SMILES string of the molecule is COc1ccc(C(COC(C)=O)Nc2ccc(C#N)cc2)cc1F. The molecule has 0 aliphatic rings. The quantitative estimate of drug-likeness (QED) is 0.823. The van der Waals surface area contributed by atoms with Crippen molar-refractivity contribution >= 4 is 11.7 Å². The molecule has 124 valence electrons. The average molecular weight is 328 g/mol. The van der Waals surface area contributed by atoms with Crippen LogP contribution < -0.4 is 10.1 Å². The third-order valence-electron chi connectivity index (χ3n) is 3.39. The summed E-state index contributed by atoms with van der Waals surface area (Å²) in [5, 5.41) is 12.0. The fourth-order valence-corrected chi connectivity index (χ4v) is 2.16. The van der Waals surface area contributed by atoms with Crippen LogP contribution in [0.1, 0.15) is 24.1 Å². The van der Waals surface area contributed by atoms with Gasteiger partial charge in [-0.25, -0.2) is 4.39 Å². The van der Waals surface area contributed by atoms with E-state index in [1.165, 1.54) is 26.2 Å². The fraction of sp³-hybridized carbons (Fsp3) is 0.222. The van der Waals surface area contributed by atoms with Gasteiger partial charge in [-0.1, -0.05) is 6.07 Å². The molecular weight excluding hydrogens is 311 g/mol. The second-order valence-corrected chi connectivity index (χ2v) is 5.08. The average Bonchev–Trinajstić information content (AvgIpc) is 2.59. The number of esters is 1. The van der Waals surface area contributed by atoms with E-state index in [2.05, 4.69) is 5.32 Å². The van der Waals surface area contributed by atoms with Crippen molar-refractivity contribution in [2.45, 2.75) is 13.0 Å². The molecule has 5 nitrogen and oxygen atoms in total. The van der Waals surface area contributed by atoms with Crippen molar-refractivity contribution < 1.29 is 18.7 Å². The Labute approximate surface area is 139 Å². The zero-order chi connectivity index (χ0) is 17.5. The van der Waals surface area contributed by atoms with E-state index in [0.29, 0.717) is 11.1 Å². The minimum atomic E-state index is -0.496. The van der Waals surface area contributed by atoms with Crippen molar-refractivity contribution in [3.63, 3.8) is 0 Å². The van der Waals surface area contributed by atoms with Gasteiger partial charge in [0.1, 0.15) is 6.61 Å². The molecule has 0 aliphatic carbocycles. The largest absolute Gasteiger partial charge is 0.494 e. The standard InChI is InChI=1S/C18H17FN2O3/c1-12(22)24-11-17(14-5-8-18(23-2)16(19)9-14)21-15-6-3-13(10-20)4-7-15/h3-9,17,21H,11H2,1-2H3. The summed E-state index contributed by atoms with van der Waals surface area (Å²) >= 11 is 0. The summed E-state index contributed by atoms with van der Waals surface area (Å²) in [6.45, 7) is 1.36. The molecule has 1 unspecified atom stereocenters. The highest BCUT2D eigenvalue weighted by atomic mass is 19.1. The number of nitrogens with zero attached hydrogens (tertiary/aromatic N) is 1. The van der Waals surface area contributed by atoms with E-state index in [9.17, 15) is 9.18 Å². The number of benzene rings is 2. The number of halogens is 1. The summed E-state index contributed by atoms with van der Waals surface area (Å²) < 4.78 is 23.9. The molecule has 0 spiro atoms. The van der Waals surface area contributed by atoms with E-state index < -0.39 is 17.8 Å². The van der Waals surface area contributed by atoms with Crippen LogP contribution in [0.5, 0.6) is 5.75 Å². The lowest BCUT2D eigenvalue weighted by Gasteiger charge is -2.20. The van der Waals surface area contributed by atoms with Gasteiger partial charge in [0.25, 0.3) is 0 Å². The van der Waals surface area contributed by atoms with Crippen molar-refractivity contribution in [3.8, 4) is 11.8 Å². The fourth-order valence-electron chi connectivity index (χ4n) is 2.16. The summed E-state index contributed by atoms with van der Waals surface area (Å²) in [6, 6.07) is 13.0. The molecule has 0 heterocycles. The molecule has 0 bridgehead atoms. The van der Waals surface area contributed by atoms with E-state index in [1.54, 1.807) is 30.3 Å². The first kappa shape index (κ1) is 17.3. The van der Waals surface area contributed by atoms with Crippen LogP contribution in [0.15, 0.2) is 42.5 Å². The number of nitriles is 1. The van der Waals surface area contributed by atoms with Gasteiger partial charge in [0.2, 0.25) is 0 Å². The first-order chi connectivity index (χ1) is 11.5. The van der Waals surface area contributed by atoms with Crippen molar-refractivity contribution in [1.29, 1.82) is 5.26 Å². The molecule has 6 heteroatoms. The van der Waals surface area contributed by atoms with E-state index >= 15 is 0 Å². The number of anilines is 1. The van der Waals surface area contributed by atoms with E-state index in [4.69, 9.17) is 14.7 Å². The lowest BCUT2D eigenvalue weighted by Crippen LogP contribution is -2.19. The molecule has 0 fully saturated rings. The Morgan fingerprint density at radius 2 is 2.00 bits per heavy atom. The smallest absolute Gasteiger partial charge is 0.302 e. The molecular formula is C18H17FN2O3. The first-order valence-electron chi connectivity index (χ1n) is 7.27. The Hall–Kier alpha value is -3.07. The molecule has 1 atom stereocenters. The minimum Gasteiger partial charge on any atom is -0.494 e. The highest BCUT2D eigenvalue weighted by Gasteiger charge is 2.16. The second kappa shape index (κ2) is 7.97.